The maximum Gasteiger partial charge on any atom is 0.353 e. The molecule has 4 rings (SSSR count). The number of likely N-dealkylation sites (tertiary alicyclic amines) is 2. The molecule has 2 amide bonds. The predicted octanol–water partition coefficient (Wildman–Crippen LogP) is 2.40. The van der Waals surface area contributed by atoms with E-state index in [0.717, 1.165) is 21.3 Å². The van der Waals surface area contributed by atoms with Crippen LogP contribution in [0.25, 0.3) is 0 Å². The quantitative estimate of drug-likeness (QED) is 0.193. The number of carbonyl (C=O) groups excluding carboxylic acids is 2. The van der Waals surface area contributed by atoms with Crippen LogP contribution in [0.3, 0.4) is 0 Å². The van der Waals surface area contributed by atoms with Crippen LogP contribution in [0.15, 0.2) is 67.5 Å². The molecule has 0 bridgehead atoms. The third kappa shape index (κ3) is 12.2. The lowest BCUT2D eigenvalue weighted by Crippen LogP contribution is -2.41. The lowest BCUT2D eigenvalue weighted by Gasteiger charge is -2.38. The van der Waals surface area contributed by atoms with Crippen molar-refractivity contribution >= 4 is 35.5 Å². The summed E-state index contributed by atoms with van der Waals surface area (Å²) in [6.07, 6.45) is 4.65. The van der Waals surface area contributed by atoms with Gasteiger partial charge in [-0.25, -0.2) is 14.3 Å². The SMILES string of the molecule is COP(=O)(/C=C/[C@@H]1C[C@@H](OP(O[C@@H]2C[C@@H](/C=C/P(=O)(OC)OC)N(C(=O)Cn3ccc(=O)[nH]c3=O)C2)N(C(C)C)C(C)C)CN1C(=O)Cn1ccc(=O)[nH]c1=O)OC. The fraction of sp³-hybridized carbons (Fsp3) is 0.588. The van der Waals surface area contributed by atoms with Crippen LogP contribution in [0.2, 0.25) is 0 Å². The minimum absolute atomic E-state index is 0.0420. The van der Waals surface area contributed by atoms with Gasteiger partial charge in [0, 0.05) is 89.8 Å². The Kier molecular flexibility index (Phi) is 16.7. The second kappa shape index (κ2) is 20.6. The molecular weight excluding hydrogens is 823 g/mol. The van der Waals surface area contributed by atoms with Gasteiger partial charge in [-0.05, 0) is 40.5 Å². The molecule has 0 aromatic carbocycles. The Balaban J connectivity index is 1.65. The van der Waals surface area contributed by atoms with Crippen molar-refractivity contribution in [2.45, 2.75) is 90.0 Å². The van der Waals surface area contributed by atoms with Gasteiger partial charge in [0.15, 0.2) is 0 Å². The van der Waals surface area contributed by atoms with Crippen LogP contribution in [0.5, 0.6) is 0 Å². The smallest absolute Gasteiger partial charge is 0.332 e. The van der Waals surface area contributed by atoms with E-state index in [9.17, 15) is 37.9 Å². The predicted molar refractivity (Wildman–Crippen MR) is 213 cm³/mol. The fourth-order valence-electron chi connectivity index (χ4n) is 6.52. The molecule has 0 saturated carbocycles. The van der Waals surface area contributed by atoms with Crippen molar-refractivity contribution in [1.82, 2.24) is 33.6 Å². The van der Waals surface area contributed by atoms with Crippen LogP contribution >= 0.6 is 23.7 Å². The van der Waals surface area contributed by atoms with Gasteiger partial charge in [-0.3, -0.25) is 47.4 Å². The molecule has 2 saturated heterocycles. The van der Waals surface area contributed by atoms with E-state index in [4.69, 9.17) is 27.1 Å². The number of amides is 2. The molecular formula is C34H52N7O14P3. The number of hydrogen-bond acceptors (Lipinski definition) is 15. The van der Waals surface area contributed by atoms with Crippen LogP contribution < -0.4 is 22.5 Å². The molecule has 0 radical (unpaired) electrons. The van der Waals surface area contributed by atoms with Crippen molar-refractivity contribution in [2.75, 3.05) is 41.5 Å². The number of nitrogens with one attached hydrogen (secondary N) is 2. The molecule has 2 aromatic rings. The highest BCUT2D eigenvalue weighted by Gasteiger charge is 2.42. The Morgan fingerprint density at radius 3 is 1.40 bits per heavy atom. The second-order valence-corrected chi connectivity index (χ2v) is 19.5. The molecule has 0 unspecified atom stereocenters. The Bertz CT molecular complexity index is 1990. The first-order valence-corrected chi connectivity index (χ1v) is 22.6. The lowest BCUT2D eigenvalue weighted by atomic mass is 10.2. The Labute approximate surface area is 335 Å². The summed E-state index contributed by atoms with van der Waals surface area (Å²) in [4.78, 5) is 82.9. The second-order valence-electron chi connectivity index (χ2n) is 13.9. The number of nitrogens with zero attached hydrogens (tertiary/aromatic N) is 5. The standard InChI is InChI=1S/C34H52N7O14P3/c1-23(2)41(24(3)4)56(54-27-17-25(11-15-57(48,50-5)51-6)39(19-27)31(44)21-37-13-9-29(42)35-33(37)46)55-28-18-26(12-16-58(49,52-7)53-8)40(20-28)32(45)22-38-14-10-30(43)36-34(38)47/h9-16,23-28H,17-22H2,1-8H3,(H,35,42,46)(H,36,43,47)/b15-11+,16-12+/t25-,26-,27-,28-/m1/s1. The Hall–Kier alpha value is -3.61. The number of hydrogen-bond donors (Lipinski definition) is 2. The molecule has 4 heterocycles. The van der Waals surface area contributed by atoms with Gasteiger partial charge >= 0.3 is 26.6 Å². The highest BCUT2D eigenvalue weighted by Crippen LogP contribution is 2.52. The molecule has 0 spiro atoms. The molecule has 21 nitrogen and oxygen atoms in total. The molecule has 58 heavy (non-hydrogen) atoms. The summed E-state index contributed by atoms with van der Waals surface area (Å²) in [6, 6.07) is 0.697. The summed E-state index contributed by atoms with van der Waals surface area (Å²) in [7, 11) is -4.27. The maximum absolute atomic E-state index is 13.8. The first-order chi connectivity index (χ1) is 27.3. The minimum Gasteiger partial charge on any atom is -0.332 e. The van der Waals surface area contributed by atoms with E-state index < -0.39 is 95.4 Å². The van der Waals surface area contributed by atoms with Gasteiger partial charge in [-0.15, -0.1) is 0 Å². The molecule has 2 fully saturated rings. The summed E-state index contributed by atoms with van der Waals surface area (Å²) in [6.45, 7) is 7.16. The largest absolute Gasteiger partial charge is 0.353 e. The monoisotopic (exact) mass is 875 g/mol. The zero-order chi connectivity index (χ0) is 42.9. The van der Waals surface area contributed by atoms with E-state index in [1.807, 2.05) is 32.4 Å². The molecule has 2 aliphatic rings. The fourth-order valence-corrected chi connectivity index (χ4v) is 9.96. The Morgan fingerprint density at radius 2 is 1.09 bits per heavy atom. The normalized spacial score (nSPS) is 20.6. The van der Waals surface area contributed by atoms with Crippen LogP contribution in [-0.2, 0) is 59.0 Å². The first kappa shape index (κ1) is 47.1. The topological polar surface area (TPSA) is 243 Å². The van der Waals surface area contributed by atoms with Crippen LogP contribution in [-0.4, -0.2) is 123 Å². The lowest BCUT2D eigenvalue weighted by molar-refractivity contribution is -0.133. The third-order valence-corrected chi connectivity index (χ3v) is 14.7. The van der Waals surface area contributed by atoms with Crippen LogP contribution in [0.1, 0.15) is 40.5 Å². The van der Waals surface area contributed by atoms with E-state index in [1.54, 1.807) is 0 Å². The highest BCUT2D eigenvalue weighted by atomic mass is 31.2. The Morgan fingerprint density at radius 1 is 0.724 bits per heavy atom. The highest BCUT2D eigenvalue weighted by molar-refractivity contribution is 7.57. The number of rotatable bonds is 19. The van der Waals surface area contributed by atoms with E-state index >= 15 is 0 Å². The summed E-state index contributed by atoms with van der Waals surface area (Å²) < 4.78 is 63.8. The molecule has 24 heteroatoms. The number of aromatic amines is 2. The van der Waals surface area contributed by atoms with E-state index in [1.165, 1.54) is 74.4 Å². The molecule has 2 aliphatic heterocycles. The van der Waals surface area contributed by atoms with Crippen molar-refractivity contribution in [3.05, 3.63) is 90.0 Å². The molecule has 4 atom stereocenters. The molecule has 2 N–H and O–H groups in total. The van der Waals surface area contributed by atoms with Crippen molar-refractivity contribution in [3.8, 4) is 0 Å². The average molecular weight is 876 g/mol. The summed E-state index contributed by atoms with van der Waals surface area (Å²) in [5.41, 5.74) is -2.75. The van der Waals surface area contributed by atoms with Gasteiger partial charge in [0.25, 0.3) is 19.6 Å². The molecule has 0 aliphatic carbocycles. The van der Waals surface area contributed by atoms with Gasteiger partial charge in [-0.1, -0.05) is 12.2 Å². The third-order valence-electron chi connectivity index (χ3n) is 9.38. The van der Waals surface area contributed by atoms with Gasteiger partial charge in [0.05, 0.1) is 24.3 Å². The van der Waals surface area contributed by atoms with Gasteiger partial charge < -0.3 is 36.9 Å². The molecule has 2 aromatic heterocycles. The van der Waals surface area contributed by atoms with Crippen molar-refractivity contribution in [2.24, 2.45) is 0 Å². The summed E-state index contributed by atoms with van der Waals surface area (Å²) >= 11 is 0. The van der Waals surface area contributed by atoms with E-state index in [0.29, 0.717) is 0 Å². The first-order valence-electron chi connectivity index (χ1n) is 18.3. The van der Waals surface area contributed by atoms with Crippen LogP contribution in [0.4, 0.5) is 0 Å². The summed E-state index contributed by atoms with van der Waals surface area (Å²) in [5.74, 6) is 1.54. The van der Waals surface area contributed by atoms with Gasteiger partial charge in [-0.2, -0.15) is 0 Å². The maximum atomic E-state index is 13.8. The van der Waals surface area contributed by atoms with E-state index in [2.05, 4.69) is 9.97 Å². The van der Waals surface area contributed by atoms with Crippen molar-refractivity contribution < 1.29 is 45.9 Å². The van der Waals surface area contributed by atoms with E-state index in [-0.39, 0.29) is 38.0 Å². The zero-order valence-electron chi connectivity index (χ0n) is 33.6. The van der Waals surface area contributed by atoms with Gasteiger partial charge in [0.2, 0.25) is 11.8 Å². The van der Waals surface area contributed by atoms with Crippen molar-refractivity contribution in [3.63, 3.8) is 0 Å². The number of carbonyl (C=O) groups is 2. The minimum atomic E-state index is -3.64. The average Bonchev–Trinajstić information content (AvgIpc) is 3.78. The number of aromatic nitrogens is 4. The zero-order valence-corrected chi connectivity index (χ0v) is 36.3. The van der Waals surface area contributed by atoms with Gasteiger partial charge in [0.1, 0.15) is 13.1 Å². The number of H-pyrrole nitrogens is 2. The van der Waals surface area contributed by atoms with Crippen LogP contribution in [0, 0.1) is 0 Å². The molecule has 322 valence electrons. The van der Waals surface area contributed by atoms with Crippen molar-refractivity contribution in [1.29, 1.82) is 0 Å². The summed E-state index contributed by atoms with van der Waals surface area (Å²) in [5, 5.41) is 0.